The molecule has 0 radical (unpaired) electrons. The summed E-state index contributed by atoms with van der Waals surface area (Å²) in [4.78, 5) is 0. The van der Waals surface area contributed by atoms with Crippen LogP contribution in [0, 0.1) is 0 Å². The van der Waals surface area contributed by atoms with Gasteiger partial charge in [-0.05, 0) is 41.8 Å². The molecule has 1 atom stereocenters. The van der Waals surface area contributed by atoms with E-state index in [1.807, 2.05) is 37.4 Å². The van der Waals surface area contributed by atoms with Gasteiger partial charge in [0, 0.05) is 24.3 Å². The van der Waals surface area contributed by atoms with E-state index in [1.165, 1.54) is 5.56 Å². The van der Waals surface area contributed by atoms with E-state index in [4.69, 9.17) is 10.2 Å². The van der Waals surface area contributed by atoms with Crippen LogP contribution in [0.4, 0.5) is 5.69 Å². The highest BCUT2D eigenvalue weighted by molar-refractivity contribution is 5.75. The van der Waals surface area contributed by atoms with Crippen molar-refractivity contribution in [2.24, 2.45) is 5.73 Å². The van der Waals surface area contributed by atoms with Crippen molar-refractivity contribution >= 4 is 5.69 Å². The molecule has 3 N–H and O–H groups in total. The summed E-state index contributed by atoms with van der Waals surface area (Å²) in [5.41, 5.74) is 10.8. The summed E-state index contributed by atoms with van der Waals surface area (Å²) in [6.45, 7) is 0. The van der Waals surface area contributed by atoms with Crippen molar-refractivity contribution in [3.05, 3.63) is 78.1 Å². The van der Waals surface area contributed by atoms with Crippen LogP contribution in [0.3, 0.4) is 0 Å². The zero-order valence-corrected chi connectivity index (χ0v) is 12.6. The highest BCUT2D eigenvalue weighted by atomic mass is 16.3. The van der Waals surface area contributed by atoms with E-state index < -0.39 is 0 Å². The molecule has 0 aliphatic rings. The molecule has 0 spiro atoms. The first-order valence-corrected chi connectivity index (χ1v) is 7.43. The molecule has 22 heavy (non-hydrogen) atoms. The Hall–Kier alpha value is -2.52. The molecule has 0 aliphatic carbocycles. The van der Waals surface area contributed by atoms with Gasteiger partial charge in [-0.2, -0.15) is 0 Å². The van der Waals surface area contributed by atoms with E-state index in [0.29, 0.717) is 0 Å². The number of hydrogen-bond donors (Lipinski definition) is 2. The van der Waals surface area contributed by atoms with Crippen LogP contribution >= 0.6 is 0 Å². The molecule has 3 rings (SSSR count). The second-order valence-corrected chi connectivity index (χ2v) is 5.33. The van der Waals surface area contributed by atoms with Crippen LogP contribution in [0.2, 0.25) is 0 Å². The molecular formula is C19H20N2O. The van der Waals surface area contributed by atoms with Crippen LogP contribution in [-0.2, 0) is 6.42 Å². The maximum atomic E-state index is 6.39. The molecule has 1 heterocycles. The number of furan rings is 1. The predicted octanol–water partition coefficient (Wildman–Crippen LogP) is 4.23. The Morgan fingerprint density at radius 1 is 1.05 bits per heavy atom. The molecular weight excluding hydrogens is 272 g/mol. The molecule has 0 aliphatic heterocycles. The second-order valence-electron chi connectivity index (χ2n) is 5.33. The van der Waals surface area contributed by atoms with E-state index >= 15 is 0 Å². The molecule has 112 valence electrons. The molecule has 3 aromatic rings. The summed E-state index contributed by atoms with van der Waals surface area (Å²) in [5, 5.41) is 3.20. The van der Waals surface area contributed by atoms with Gasteiger partial charge < -0.3 is 15.5 Å². The summed E-state index contributed by atoms with van der Waals surface area (Å²) in [6.07, 6.45) is 2.50. The molecule has 2 aromatic carbocycles. The first-order chi connectivity index (χ1) is 10.8. The SMILES string of the molecule is CNc1ccc(C(N)Cc2ccccc2)cc1-c1ccco1. The molecule has 3 nitrogen and oxygen atoms in total. The molecule has 0 fully saturated rings. The van der Waals surface area contributed by atoms with Crippen molar-refractivity contribution in [1.82, 2.24) is 0 Å². The minimum absolute atomic E-state index is 0.0398. The van der Waals surface area contributed by atoms with Crippen molar-refractivity contribution in [2.45, 2.75) is 12.5 Å². The molecule has 0 amide bonds. The number of benzene rings is 2. The first kappa shape index (κ1) is 14.4. The largest absolute Gasteiger partial charge is 0.464 e. The third kappa shape index (κ3) is 3.05. The lowest BCUT2D eigenvalue weighted by atomic mass is 9.96. The minimum Gasteiger partial charge on any atom is -0.464 e. The molecule has 1 unspecified atom stereocenters. The lowest BCUT2D eigenvalue weighted by molar-refractivity contribution is 0.582. The number of anilines is 1. The van der Waals surface area contributed by atoms with Crippen LogP contribution < -0.4 is 11.1 Å². The van der Waals surface area contributed by atoms with Gasteiger partial charge in [-0.25, -0.2) is 0 Å². The quantitative estimate of drug-likeness (QED) is 0.740. The fourth-order valence-corrected chi connectivity index (χ4v) is 2.63. The molecule has 0 saturated heterocycles. The van der Waals surface area contributed by atoms with Crippen molar-refractivity contribution < 1.29 is 4.42 Å². The van der Waals surface area contributed by atoms with Gasteiger partial charge in [-0.1, -0.05) is 36.4 Å². The second kappa shape index (κ2) is 6.50. The van der Waals surface area contributed by atoms with Crippen LogP contribution in [0.15, 0.2) is 71.3 Å². The average molecular weight is 292 g/mol. The van der Waals surface area contributed by atoms with Gasteiger partial charge in [0.2, 0.25) is 0 Å². The molecule has 0 bridgehead atoms. The monoisotopic (exact) mass is 292 g/mol. The van der Waals surface area contributed by atoms with Gasteiger partial charge in [0.25, 0.3) is 0 Å². The third-order valence-corrected chi connectivity index (χ3v) is 3.83. The van der Waals surface area contributed by atoms with E-state index in [-0.39, 0.29) is 6.04 Å². The van der Waals surface area contributed by atoms with Gasteiger partial charge in [0.15, 0.2) is 0 Å². The van der Waals surface area contributed by atoms with Crippen molar-refractivity contribution in [3.63, 3.8) is 0 Å². The summed E-state index contributed by atoms with van der Waals surface area (Å²) in [7, 11) is 1.91. The van der Waals surface area contributed by atoms with E-state index in [1.54, 1.807) is 6.26 Å². The van der Waals surface area contributed by atoms with Gasteiger partial charge in [0.05, 0.1) is 6.26 Å². The van der Waals surface area contributed by atoms with Crippen LogP contribution in [0.5, 0.6) is 0 Å². The maximum absolute atomic E-state index is 6.39. The minimum atomic E-state index is -0.0398. The molecule has 3 heteroatoms. The summed E-state index contributed by atoms with van der Waals surface area (Å²) < 4.78 is 5.53. The Bertz CT molecular complexity index is 720. The zero-order valence-electron chi connectivity index (χ0n) is 12.6. The van der Waals surface area contributed by atoms with E-state index in [2.05, 4.69) is 35.6 Å². The lowest BCUT2D eigenvalue weighted by Crippen LogP contribution is -2.13. The normalized spacial score (nSPS) is 12.1. The van der Waals surface area contributed by atoms with E-state index in [0.717, 1.165) is 29.0 Å². The van der Waals surface area contributed by atoms with Crippen molar-refractivity contribution in [1.29, 1.82) is 0 Å². The topological polar surface area (TPSA) is 51.2 Å². The summed E-state index contributed by atoms with van der Waals surface area (Å²) in [5.74, 6) is 0.845. The Morgan fingerprint density at radius 3 is 2.55 bits per heavy atom. The van der Waals surface area contributed by atoms with Crippen molar-refractivity contribution in [3.8, 4) is 11.3 Å². The standard InChI is InChI=1S/C19H20N2O/c1-21-18-10-9-15(13-16(18)19-8-5-11-22-19)17(20)12-14-6-3-2-4-7-14/h2-11,13,17,21H,12,20H2,1H3. The van der Waals surface area contributed by atoms with Gasteiger partial charge in [-0.3, -0.25) is 0 Å². The number of rotatable bonds is 5. The molecule has 1 aromatic heterocycles. The number of nitrogens with two attached hydrogens (primary N) is 1. The average Bonchev–Trinajstić information content (AvgIpc) is 3.09. The molecule has 0 saturated carbocycles. The number of nitrogens with one attached hydrogen (secondary N) is 1. The highest BCUT2D eigenvalue weighted by Gasteiger charge is 2.12. The fourth-order valence-electron chi connectivity index (χ4n) is 2.63. The van der Waals surface area contributed by atoms with Gasteiger partial charge in [-0.15, -0.1) is 0 Å². The maximum Gasteiger partial charge on any atom is 0.135 e. The predicted molar refractivity (Wildman–Crippen MR) is 90.8 cm³/mol. The summed E-state index contributed by atoms with van der Waals surface area (Å²) >= 11 is 0. The lowest BCUT2D eigenvalue weighted by Gasteiger charge is -2.15. The first-order valence-electron chi connectivity index (χ1n) is 7.43. The smallest absolute Gasteiger partial charge is 0.135 e. The highest BCUT2D eigenvalue weighted by Crippen LogP contribution is 2.31. The van der Waals surface area contributed by atoms with Crippen LogP contribution in [0.25, 0.3) is 11.3 Å². The van der Waals surface area contributed by atoms with Crippen molar-refractivity contribution in [2.75, 3.05) is 12.4 Å². The van der Waals surface area contributed by atoms with Crippen LogP contribution in [-0.4, -0.2) is 7.05 Å². The summed E-state index contributed by atoms with van der Waals surface area (Å²) in [6, 6.07) is 20.4. The Labute approximate surface area is 130 Å². The Kier molecular flexibility index (Phi) is 4.26. The van der Waals surface area contributed by atoms with Crippen LogP contribution in [0.1, 0.15) is 17.2 Å². The van der Waals surface area contributed by atoms with Gasteiger partial charge >= 0.3 is 0 Å². The zero-order chi connectivity index (χ0) is 15.4. The Morgan fingerprint density at radius 2 is 1.86 bits per heavy atom. The fraction of sp³-hybridized carbons (Fsp3) is 0.158. The van der Waals surface area contributed by atoms with E-state index in [9.17, 15) is 0 Å². The Balaban J connectivity index is 1.89. The van der Waals surface area contributed by atoms with Gasteiger partial charge in [0.1, 0.15) is 5.76 Å². The third-order valence-electron chi connectivity index (χ3n) is 3.83. The number of hydrogen-bond acceptors (Lipinski definition) is 3.